The lowest BCUT2D eigenvalue weighted by molar-refractivity contribution is 0.0693. The number of carboxylic acids is 1. The molecule has 0 amide bonds. The van der Waals surface area contributed by atoms with Crippen LogP contribution >= 0.6 is 0 Å². The van der Waals surface area contributed by atoms with Gasteiger partial charge in [0, 0.05) is 6.20 Å². The summed E-state index contributed by atoms with van der Waals surface area (Å²) in [6.07, 6.45) is 2.37. The number of aromatic carboxylic acids is 1. The summed E-state index contributed by atoms with van der Waals surface area (Å²) < 4.78 is 5.37. The predicted molar refractivity (Wildman–Crippen MR) is 61.4 cm³/mol. The number of carboxylic acid groups (broad SMARTS) is 1. The minimum absolute atomic E-state index is 0.0346. The zero-order valence-electron chi connectivity index (χ0n) is 9.28. The van der Waals surface area contributed by atoms with Gasteiger partial charge in [0.1, 0.15) is 17.6 Å². The van der Waals surface area contributed by atoms with Crippen molar-refractivity contribution in [1.29, 1.82) is 0 Å². The fourth-order valence-electron chi connectivity index (χ4n) is 1.37. The quantitative estimate of drug-likeness (QED) is 0.848. The third-order valence-corrected chi connectivity index (χ3v) is 2.20. The van der Waals surface area contributed by atoms with Gasteiger partial charge in [-0.1, -0.05) is 12.1 Å². The maximum atomic E-state index is 10.9. The van der Waals surface area contributed by atoms with Gasteiger partial charge in [0.05, 0.1) is 6.61 Å². The SMILES string of the molecule is O=C(O)c1cncnc1Oc1cccc(CO)c1. The molecule has 0 radical (unpaired) electrons. The van der Waals surface area contributed by atoms with Crippen molar-refractivity contribution in [3.05, 3.63) is 47.9 Å². The highest BCUT2D eigenvalue weighted by molar-refractivity contribution is 5.89. The summed E-state index contributed by atoms with van der Waals surface area (Å²) in [5.41, 5.74) is 0.547. The number of nitrogens with zero attached hydrogens (tertiary/aromatic N) is 2. The Morgan fingerprint density at radius 3 is 2.94 bits per heavy atom. The first kappa shape index (κ1) is 12.0. The zero-order valence-corrected chi connectivity index (χ0v) is 9.28. The number of hydrogen-bond donors (Lipinski definition) is 2. The van der Waals surface area contributed by atoms with Crippen LogP contribution in [0, 0.1) is 0 Å². The third-order valence-electron chi connectivity index (χ3n) is 2.20. The number of hydrogen-bond acceptors (Lipinski definition) is 5. The van der Waals surface area contributed by atoms with E-state index in [9.17, 15) is 4.79 Å². The Labute approximate surface area is 103 Å². The largest absolute Gasteiger partial charge is 0.477 e. The Balaban J connectivity index is 2.31. The molecule has 0 aliphatic heterocycles. The summed E-state index contributed by atoms with van der Waals surface area (Å²) in [7, 11) is 0. The number of ether oxygens (including phenoxy) is 1. The van der Waals surface area contributed by atoms with E-state index in [-0.39, 0.29) is 18.1 Å². The van der Waals surface area contributed by atoms with Crippen molar-refractivity contribution < 1.29 is 19.7 Å². The standard InChI is InChI=1S/C12H10N2O4/c15-6-8-2-1-3-9(4-8)18-11-10(12(16)17)5-13-7-14-11/h1-5,7,15H,6H2,(H,16,17). The molecule has 0 unspecified atom stereocenters. The van der Waals surface area contributed by atoms with Gasteiger partial charge in [0.2, 0.25) is 5.88 Å². The van der Waals surface area contributed by atoms with Gasteiger partial charge < -0.3 is 14.9 Å². The van der Waals surface area contributed by atoms with Crippen LogP contribution in [0.15, 0.2) is 36.8 Å². The first-order valence-corrected chi connectivity index (χ1v) is 5.11. The molecule has 92 valence electrons. The molecule has 0 spiro atoms. The summed E-state index contributed by atoms with van der Waals surface area (Å²) in [4.78, 5) is 18.3. The van der Waals surface area contributed by atoms with Gasteiger partial charge in [0.15, 0.2) is 0 Å². The van der Waals surface area contributed by atoms with Gasteiger partial charge in [-0.15, -0.1) is 0 Å². The lowest BCUT2D eigenvalue weighted by Crippen LogP contribution is -2.02. The van der Waals surface area contributed by atoms with Crippen LogP contribution in [0.5, 0.6) is 11.6 Å². The Bertz CT molecular complexity index is 572. The van der Waals surface area contributed by atoms with Crippen molar-refractivity contribution in [2.75, 3.05) is 0 Å². The van der Waals surface area contributed by atoms with E-state index in [4.69, 9.17) is 14.9 Å². The number of carbonyl (C=O) groups is 1. The van der Waals surface area contributed by atoms with Gasteiger partial charge in [-0.25, -0.2) is 14.8 Å². The zero-order chi connectivity index (χ0) is 13.0. The molecule has 1 heterocycles. The van der Waals surface area contributed by atoms with Crippen molar-refractivity contribution in [2.24, 2.45) is 0 Å². The van der Waals surface area contributed by atoms with Crippen molar-refractivity contribution in [3.63, 3.8) is 0 Å². The highest BCUT2D eigenvalue weighted by atomic mass is 16.5. The second kappa shape index (κ2) is 5.24. The highest BCUT2D eigenvalue weighted by Crippen LogP contribution is 2.23. The molecule has 0 saturated carbocycles. The fourth-order valence-corrected chi connectivity index (χ4v) is 1.37. The van der Waals surface area contributed by atoms with E-state index in [2.05, 4.69) is 9.97 Å². The lowest BCUT2D eigenvalue weighted by atomic mass is 10.2. The van der Waals surface area contributed by atoms with Crippen molar-refractivity contribution >= 4 is 5.97 Å². The first-order valence-electron chi connectivity index (χ1n) is 5.11. The summed E-state index contributed by atoms with van der Waals surface area (Å²) in [6.45, 7) is -0.118. The average Bonchev–Trinajstić information content (AvgIpc) is 2.39. The molecule has 2 aromatic rings. The van der Waals surface area contributed by atoms with E-state index < -0.39 is 5.97 Å². The van der Waals surface area contributed by atoms with Crippen LogP contribution in [-0.2, 0) is 6.61 Å². The van der Waals surface area contributed by atoms with E-state index in [0.717, 1.165) is 0 Å². The Kier molecular flexibility index (Phi) is 3.49. The molecule has 0 atom stereocenters. The van der Waals surface area contributed by atoms with Crippen LogP contribution < -0.4 is 4.74 Å². The molecule has 6 nitrogen and oxygen atoms in total. The fraction of sp³-hybridized carbons (Fsp3) is 0.0833. The van der Waals surface area contributed by atoms with Crippen LogP contribution in [0.4, 0.5) is 0 Å². The number of aliphatic hydroxyl groups is 1. The molecule has 2 rings (SSSR count). The number of aliphatic hydroxyl groups excluding tert-OH is 1. The van der Waals surface area contributed by atoms with E-state index in [1.807, 2.05) is 0 Å². The summed E-state index contributed by atoms with van der Waals surface area (Å²) >= 11 is 0. The van der Waals surface area contributed by atoms with E-state index in [1.165, 1.54) is 12.5 Å². The predicted octanol–water partition coefficient (Wildman–Crippen LogP) is 1.46. The molecule has 6 heteroatoms. The van der Waals surface area contributed by atoms with Crippen LogP contribution in [0.2, 0.25) is 0 Å². The van der Waals surface area contributed by atoms with Crippen molar-refractivity contribution in [3.8, 4) is 11.6 Å². The van der Waals surface area contributed by atoms with Gasteiger partial charge in [-0.3, -0.25) is 0 Å². The molecular weight excluding hydrogens is 236 g/mol. The summed E-state index contributed by atoms with van der Waals surface area (Å²) in [5, 5.41) is 17.9. The Morgan fingerprint density at radius 1 is 1.39 bits per heavy atom. The summed E-state index contributed by atoms with van der Waals surface area (Å²) in [5.74, 6) is -0.792. The monoisotopic (exact) mass is 246 g/mol. The molecule has 2 N–H and O–H groups in total. The van der Waals surface area contributed by atoms with Crippen molar-refractivity contribution in [2.45, 2.75) is 6.61 Å². The number of rotatable bonds is 4. The van der Waals surface area contributed by atoms with Crippen LogP contribution in [0.25, 0.3) is 0 Å². The first-order chi connectivity index (χ1) is 8.70. The van der Waals surface area contributed by atoms with E-state index in [1.54, 1.807) is 24.3 Å². The smallest absolute Gasteiger partial charge is 0.342 e. The van der Waals surface area contributed by atoms with Gasteiger partial charge in [-0.05, 0) is 17.7 Å². The van der Waals surface area contributed by atoms with Gasteiger partial charge >= 0.3 is 5.97 Å². The molecule has 1 aromatic heterocycles. The molecule has 1 aromatic carbocycles. The second-order valence-corrected chi connectivity index (χ2v) is 3.45. The molecule has 0 aliphatic rings. The van der Waals surface area contributed by atoms with Crippen molar-refractivity contribution in [1.82, 2.24) is 9.97 Å². The average molecular weight is 246 g/mol. The normalized spacial score (nSPS) is 10.1. The second-order valence-electron chi connectivity index (χ2n) is 3.45. The van der Waals surface area contributed by atoms with Crippen LogP contribution in [0.1, 0.15) is 15.9 Å². The maximum absolute atomic E-state index is 10.9. The van der Waals surface area contributed by atoms with Gasteiger partial charge in [-0.2, -0.15) is 0 Å². The topological polar surface area (TPSA) is 92.5 Å². The molecule has 0 saturated heterocycles. The molecule has 0 fully saturated rings. The molecule has 18 heavy (non-hydrogen) atoms. The minimum atomic E-state index is -1.16. The highest BCUT2D eigenvalue weighted by Gasteiger charge is 2.13. The van der Waals surface area contributed by atoms with Gasteiger partial charge in [0.25, 0.3) is 0 Å². The molecular formula is C12H10N2O4. The molecule has 0 bridgehead atoms. The summed E-state index contributed by atoms with van der Waals surface area (Å²) in [6, 6.07) is 6.67. The van der Waals surface area contributed by atoms with Crippen LogP contribution in [0.3, 0.4) is 0 Å². The lowest BCUT2D eigenvalue weighted by Gasteiger charge is -2.07. The number of aromatic nitrogens is 2. The van der Waals surface area contributed by atoms with E-state index in [0.29, 0.717) is 11.3 Å². The minimum Gasteiger partial charge on any atom is -0.477 e. The number of benzene rings is 1. The maximum Gasteiger partial charge on any atom is 0.342 e. The van der Waals surface area contributed by atoms with E-state index >= 15 is 0 Å². The Hall–Kier alpha value is -2.47. The molecule has 0 aliphatic carbocycles. The Morgan fingerprint density at radius 2 is 2.22 bits per heavy atom. The van der Waals surface area contributed by atoms with Crippen LogP contribution in [-0.4, -0.2) is 26.2 Å². The third kappa shape index (κ3) is 2.61.